The van der Waals surface area contributed by atoms with E-state index in [1.807, 2.05) is 13.2 Å². The molecule has 26 heavy (non-hydrogen) atoms. The van der Waals surface area contributed by atoms with Gasteiger partial charge in [-0.25, -0.2) is 4.39 Å². The third-order valence-corrected chi connectivity index (χ3v) is 4.91. The van der Waals surface area contributed by atoms with Gasteiger partial charge in [0, 0.05) is 63.4 Å². The highest BCUT2D eigenvalue weighted by Gasteiger charge is 2.19. The lowest BCUT2D eigenvalue weighted by atomic mass is 10.1. The molecule has 2 N–H and O–H groups in total. The molecule has 3 rings (SSSR count). The van der Waals surface area contributed by atoms with E-state index in [1.165, 1.54) is 6.07 Å². The highest BCUT2D eigenvalue weighted by atomic mass is 19.1. The van der Waals surface area contributed by atoms with Crippen LogP contribution in [0.4, 0.5) is 4.39 Å². The molecular formula is C20H30FN5. The average Bonchev–Trinajstić information content (AvgIpc) is 3.01. The minimum Gasteiger partial charge on any atom is -0.361 e. The van der Waals surface area contributed by atoms with E-state index in [0.717, 1.165) is 68.1 Å². The van der Waals surface area contributed by atoms with Gasteiger partial charge in [-0.05, 0) is 36.1 Å². The van der Waals surface area contributed by atoms with Gasteiger partial charge in [-0.15, -0.1) is 0 Å². The molecule has 1 aromatic carbocycles. The molecule has 0 amide bonds. The van der Waals surface area contributed by atoms with Gasteiger partial charge in [0.25, 0.3) is 0 Å². The van der Waals surface area contributed by atoms with Gasteiger partial charge in [0.05, 0.1) is 0 Å². The van der Waals surface area contributed by atoms with Gasteiger partial charge in [-0.2, -0.15) is 0 Å². The molecule has 0 spiro atoms. The summed E-state index contributed by atoms with van der Waals surface area (Å²) in [6, 6.07) is 4.88. The molecule has 0 saturated carbocycles. The van der Waals surface area contributed by atoms with Crippen molar-refractivity contribution < 1.29 is 4.39 Å². The molecule has 1 fully saturated rings. The number of aliphatic imine (C=N–C) groups is 1. The summed E-state index contributed by atoms with van der Waals surface area (Å²) in [6.45, 7) is 10.7. The number of hydrogen-bond donors (Lipinski definition) is 2. The lowest BCUT2D eigenvalue weighted by Crippen LogP contribution is -2.53. The topological polar surface area (TPSA) is 46.7 Å². The van der Waals surface area contributed by atoms with Gasteiger partial charge in [0.2, 0.25) is 0 Å². The van der Waals surface area contributed by atoms with Crippen molar-refractivity contribution in [3.05, 3.63) is 35.8 Å². The number of rotatable bonds is 5. The summed E-state index contributed by atoms with van der Waals surface area (Å²) in [4.78, 5) is 12.5. The molecule has 1 aliphatic heterocycles. The predicted octanol–water partition coefficient (Wildman–Crippen LogP) is 2.70. The third-order valence-electron chi connectivity index (χ3n) is 4.91. The quantitative estimate of drug-likeness (QED) is 0.637. The fourth-order valence-electron chi connectivity index (χ4n) is 3.66. The molecule has 142 valence electrons. The molecule has 1 saturated heterocycles. The SMILES string of the molecule is CN=C(NCCc1c[nH]c2ccc(F)cc12)N1CCN(CC(C)C)CC1. The van der Waals surface area contributed by atoms with Crippen LogP contribution in [0, 0.1) is 11.7 Å². The van der Waals surface area contributed by atoms with E-state index in [0.29, 0.717) is 5.92 Å². The van der Waals surface area contributed by atoms with Crippen molar-refractivity contribution in [2.75, 3.05) is 46.3 Å². The predicted molar refractivity (Wildman–Crippen MR) is 106 cm³/mol. The van der Waals surface area contributed by atoms with Crippen LogP contribution in [-0.2, 0) is 6.42 Å². The number of H-pyrrole nitrogens is 1. The highest BCUT2D eigenvalue weighted by molar-refractivity contribution is 5.83. The van der Waals surface area contributed by atoms with E-state index in [2.05, 4.69) is 38.9 Å². The Morgan fingerprint density at radius 3 is 2.73 bits per heavy atom. The molecule has 0 atom stereocenters. The summed E-state index contributed by atoms with van der Waals surface area (Å²) < 4.78 is 13.5. The number of aromatic amines is 1. The second kappa shape index (κ2) is 8.54. The van der Waals surface area contributed by atoms with Gasteiger partial charge < -0.3 is 15.2 Å². The van der Waals surface area contributed by atoms with E-state index in [9.17, 15) is 4.39 Å². The molecular weight excluding hydrogens is 329 g/mol. The molecule has 2 heterocycles. The maximum Gasteiger partial charge on any atom is 0.193 e. The highest BCUT2D eigenvalue weighted by Crippen LogP contribution is 2.19. The molecule has 0 unspecified atom stereocenters. The van der Waals surface area contributed by atoms with Gasteiger partial charge in [0.1, 0.15) is 5.82 Å². The van der Waals surface area contributed by atoms with Crippen LogP contribution in [0.3, 0.4) is 0 Å². The van der Waals surface area contributed by atoms with Crippen molar-refractivity contribution in [1.82, 2.24) is 20.1 Å². The summed E-state index contributed by atoms with van der Waals surface area (Å²) in [5, 5.41) is 4.42. The molecule has 0 aliphatic carbocycles. The monoisotopic (exact) mass is 359 g/mol. The first kappa shape index (κ1) is 18.7. The first-order valence-corrected chi connectivity index (χ1v) is 9.50. The number of nitrogens with one attached hydrogen (secondary N) is 2. The largest absolute Gasteiger partial charge is 0.361 e. The summed E-state index contributed by atoms with van der Waals surface area (Å²) >= 11 is 0. The van der Waals surface area contributed by atoms with E-state index in [4.69, 9.17) is 0 Å². The van der Waals surface area contributed by atoms with Crippen LogP contribution in [0.5, 0.6) is 0 Å². The maximum atomic E-state index is 13.5. The van der Waals surface area contributed by atoms with E-state index in [1.54, 1.807) is 12.1 Å². The van der Waals surface area contributed by atoms with Gasteiger partial charge in [0.15, 0.2) is 5.96 Å². The minimum atomic E-state index is -0.193. The Morgan fingerprint density at radius 1 is 1.27 bits per heavy atom. The number of nitrogens with zero attached hydrogens (tertiary/aromatic N) is 3. The fraction of sp³-hybridized carbons (Fsp3) is 0.550. The number of benzene rings is 1. The lowest BCUT2D eigenvalue weighted by molar-refractivity contribution is 0.164. The Morgan fingerprint density at radius 2 is 2.04 bits per heavy atom. The zero-order valence-corrected chi connectivity index (χ0v) is 16.1. The Kier molecular flexibility index (Phi) is 6.14. The number of hydrogen-bond acceptors (Lipinski definition) is 2. The summed E-state index contributed by atoms with van der Waals surface area (Å²) in [5.74, 6) is 1.47. The second-order valence-electron chi connectivity index (χ2n) is 7.41. The summed E-state index contributed by atoms with van der Waals surface area (Å²) in [5.41, 5.74) is 2.11. The van der Waals surface area contributed by atoms with Crippen molar-refractivity contribution in [2.24, 2.45) is 10.9 Å². The number of aromatic nitrogens is 1. The maximum absolute atomic E-state index is 13.5. The molecule has 2 aromatic rings. The molecule has 5 nitrogen and oxygen atoms in total. The second-order valence-corrected chi connectivity index (χ2v) is 7.41. The van der Waals surface area contributed by atoms with Crippen molar-refractivity contribution >= 4 is 16.9 Å². The van der Waals surface area contributed by atoms with Crippen LogP contribution >= 0.6 is 0 Å². The van der Waals surface area contributed by atoms with Crippen LogP contribution in [0.2, 0.25) is 0 Å². The average molecular weight is 359 g/mol. The Hall–Kier alpha value is -2.08. The lowest BCUT2D eigenvalue weighted by Gasteiger charge is -2.37. The van der Waals surface area contributed by atoms with Crippen LogP contribution in [0.1, 0.15) is 19.4 Å². The normalized spacial score (nSPS) is 16.7. The number of halogens is 1. The van der Waals surface area contributed by atoms with Gasteiger partial charge >= 0.3 is 0 Å². The first-order chi connectivity index (χ1) is 12.6. The number of guanidine groups is 1. The molecule has 1 aliphatic rings. The van der Waals surface area contributed by atoms with Crippen LogP contribution in [0.15, 0.2) is 29.4 Å². The summed E-state index contributed by atoms with van der Waals surface area (Å²) in [6.07, 6.45) is 2.80. The van der Waals surface area contributed by atoms with Crippen LogP contribution in [-0.4, -0.2) is 67.1 Å². The zero-order valence-electron chi connectivity index (χ0n) is 16.1. The van der Waals surface area contributed by atoms with E-state index >= 15 is 0 Å². The van der Waals surface area contributed by atoms with Gasteiger partial charge in [-0.3, -0.25) is 9.89 Å². The molecule has 1 aromatic heterocycles. The third kappa shape index (κ3) is 4.55. The number of piperazine rings is 1. The molecule has 6 heteroatoms. The Balaban J connectivity index is 1.51. The minimum absolute atomic E-state index is 0.193. The van der Waals surface area contributed by atoms with Crippen molar-refractivity contribution in [3.63, 3.8) is 0 Å². The van der Waals surface area contributed by atoms with Crippen LogP contribution < -0.4 is 5.32 Å². The van der Waals surface area contributed by atoms with Crippen molar-refractivity contribution in [1.29, 1.82) is 0 Å². The standard InChI is InChI=1S/C20H30FN5/c1-15(2)14-25-8-10-26(11-9-25)20(22-3)23-7-6-16-13-24-19-5-4-17(21)12-18(16)19/h4-5,12-13,15,24H,6-11,14H2,1-3H3,(H,22,23). The van der Waals surface area contributed by atoms with E-state index in [-0.39, 0.29) is 5.82 Å². The first-order valence-electron chi connectivity index (χ1n) is 9.50. The molecule has 0 radical (unpaired) electrons. The van der Waals surface area contributed by atoms with Crippen molar-refractivity contribution in [3.8, 4) is 0 Å². The fourth-order valence-corrected chi connectivity index (χ4v) is 3.66. The Labute approximate surface area is 155 Å². The zero-order chi connectivity index (χ0) is 18.5. The van der Waals surface area contributed by atoms with Gasteiger partial charge in [-0.1, -0.05) is 13.8 Å². The van der Waals surface area contributed by atoms with E-state index < -0.39 is 0 Å². The van der Waals surface area contributed by atoms with Crippen molar-refractivity contribution in [2.45, 2.75) is 20.3 Å². The Bertz CT molecular complexity index is 744. The number of fused-ring (bicyclic) bond motifs is 1. The smallest absolute Gasteiger partial charge is 0.193 e. The summed E-state index contributed by atoms with van der Waals surface area (Å²) in [7, 11) is 1.84. The van der Waals surface area contributed by atoms with Crippen LogP contribution in [0.25, 0.3) is 10.9 Å². The molecule has 0 bridgehead atoms.